The van der Waals surface area contributed by atoms with Crippen LogP contribution in [0.1, 0.15) is 32.8 Å². The second-order valence-electron chi connectivity index (χ2n) is 6.19. The molecule has 1 aromatic carbocycles. The molecule has 0 bridgehead atoms. The molecular weight excluding hydrogens is 229 g/mol. The van der Waals surface area contributed by atoms with E-state index < -0.39 is 0 Å². The van der Waals surface area contributed by atoms with Gasteiger partial charge in [-0.15, -0.1) is 0 Å². The molecule has 1 aliphatic rings. The molecule has 18 heavy (non-hydrogen) atoms. The summed E-state index contributed by atoms with van der Waals surface area (Å²) in [6.45, 7) is 8.40. The Morgan fingerprint density at radius 2 is 2.11 bits per heavy atom. The topological polar surface area (TPSA) is 23.5 Å². The van der Waals surface area contributed by atoms with Crippen molar-refractivity contribution in [1.29, 1.82) is 0 Å². The van der Waals surface area contributed by atoms with E-state index in [1.165, 1.54) is 6.07 Å². The highest BCUT2D eigenvalue weighted by Crippen LogP contribution is 2.36. The molecule has 1 N–H and O–H groups in total. The van der Waals surface area contributed by atoms with Gasteiger partial charge in [-0.1, -0.05) is 26.8 Å². The standard InChI is InChI=1S/C15H22FNO/c1-15(2,3)11-7-8-17(9-11)14-6-4-5-13(16)12(14)10-18/h4-6,11,18H,7-10H2,1-3H3. The van der Waals surface area contributed by atoms with Gasteiger partial charge in [-0.3, -0.25) is 0 Å². The van der Waals surface area contributed by atoms with E-state index in [4.69, 9.17) is 0 Å². The highest BCUT2D eigenvalue weighted by molar-refractivity contribution is 5.54. The van der Waals surface area contributed by atoms with Crippen LogP contribution in [0.5, 0.6) is 0 Å². The van der Waals surface area contributed by atoms with E-state index in [1.54, 1.807) is 6.07 Å². The van der Waals surface area contributed by atoms with Crippen LogP contribution in [0.15, 0.2) is 18.2 Å². The lowest BCUT2D eigenvalue weighted by Crippen LogP contribution is -2.26. The van der Waals surface area contributed by atoms with E-state index in [2.05, 4.69) is 25.7 Å². The molecule has 0 aromatic heterocycles. The third-order valence-electron chi connectivity index (χ3n) is 4.01. The van der Waals surface area contributed by atoms with Crippen LogP contribution in [0.2, 0.25) is 0 Å². The predicted molar refractivity (Wildman–Crippen MR) is 72.1 cm³/mol. The Morgan fingerprint density at radius 3 is 2.67 bits per heavy atom. The van der Waals surface area contributed by atoms with E-state index in [1.807, 2.05) is 6.07 Å². The maximum Gasteiger partial charge on any atom is 0.130 e. The van der Waals surface area contributed by atoms with Crippen molar-refractivity contribution in [2.24, 2.45) is 11.3 Å². The highest BCUT2D eigenvalue weighted by atomic mass is 19.1. The second kappa shape index (κ2) is 4.88. The van der Waals surface area contributed by atoms with Crippen LogP contribution in [-0.2, 0) is 6.61 Å². The number of halogens is 1. The Hall–Kier alpha value is -1.09. The number of aliphatic hydroxyl groups excluding tert-OH is 1. The predicted octanol–water partition coefficient (Wildman–Crippen LogP) is 3.19. The zero-order valence-corrected chi connectivity index (χ0v) is 11.4. The number of rotatable bonds is 2. The van der Waals surface area contributed by atoms with E-state index in [0.29, 0.717) is 11.5 Å². The third-order valence-corrected chi connectivity index (χ3v) is 4.01. The molecule has 1 heterocycles. The van der Waals surface area contributed by atoms with Crippen molar-refractivity contribution < 1.29 is 9.50 Å². The SMILES string of the molecule is CC(C)(C)C1CCN(c2cccc(F)c2CO)C1. The molecule has 0 spiro atoms. The van der Waals surface area contributed by atoms with Gasteiger partial charge in [0.2, 0.25) is 0 Å². The highest BCUT2D eigenvalue weighted by Gasteiger charge is 2.32. The molecule has 2 nitrogen and oxygen atoms in total. The minimum Gasteiger partial charge on any atom is -0.391 e. The quantitative estimate of drug-likeness (QED) is 0.872. The van der Waals surface area contributed by atoms with Crippen LogP contribution in [0.3, 0.4) is 0 Å². The molecule has 3 heteroatoms. The molecule has 2 rings (SSSR count). The number of nitrogens with zero attached hydrogens (tertiary/aromatic N) is 1. The number of aliphatic hydroxyl groups is 1. The molecule has 1 fully saturated rings. The lowest BCUT2D eigenvalue weighted by molar-refractivity contribution is 0.263. The summed E-state index contributed by atoms with van der Waals surface area (Å²) in [7, 11) is 0. The first-order valence-corrected chi connectivity index (χ1v) is 6.56. The van der Waals surface area contributed by atoms with Crippen molar-refractivity contribution in [3.05, 3.63) is 29.6 Å². The van der Waals surface area contributed by atoms with Gasteiger partial charge in [0, 0.05) is 24.3 Å². The lowest BCUT2D eigenvalue weighted by Gasteiger charge is -2.28. The van der Waals surface area contributed by atoms with Crippen LogP contribution in [-0.4, -0.2) is 18.2 Å². The Morgan fingerprint density at radius 1 is 1.39 bits per heavy atom. The zero-order chi connectivity index (χ0) is 13.3. The van der Waals surface area contributed by atoms with Crippen LogP contribution in [0.4, 0.5) is 10.1 Å². The van der Waals surface area contributed by atoms with E-state index in [-0.39, 0.29) is 17.8 Å². The molecular formula is C15H22FNO. The van der Waals surface area contributed by atoms with Crippen molar-refractivity contribution in [2.45, 2.75) is 33.8 Å². The fourth-order valence-corrected chi connectivity index (χ4v) is 2.69. The molecule has 1 saturated heterocycles. The summed E-state index contributed by atoms with van der Waals surface area (Å²) in [5.41, 5.74) is 1.55. The molecule has 1 aliphatic heterocycles. The van der Waals surface area contributed by atoms with Crippen LogP contribution in [0.25, 0.3) is 0 Å². The van der Waals surface area contributed by atoms with Gasteiger partial charge in [0.25, 0.3) is 0 Å². The largest absolute Gasteiger partial charge is 0.391 e. The van der Waals surface area contributed by atoms with Gasteiger partial charge in [0.05, 0.1) is 6.61 Å². The van der Waals surface area contributed by atoms with Crippen molar-refractivity contribution >= 4 is 5.69 Å². The monoisotopic (exact) mass is 251 g/mol. The lowest BCUT2D eigenvalue weighted by atomic mass is 9.80. The van der Waals surface area contributed by atoms with Gasteiger partial charge < -0.3 is 10.0 Å². The van der Waals surface area contributed by atoms with Gasteiger partial charge in [0.15, 0.2) is 0 Å². The van der Waals surface area contributed by atoms with Gasteiger partial charge >= 0.3 is 0 Å². The molecule has 0 saturated carbocycles. The fraction of sp³-hybridized carbons (Fsp3) is 0.600. The first kappa shape index (κ1) is 13.3. The maximum absolute atomic E-state index is 13.6. The average Bonchev–Trinajstić information content (AvgIpc) is 2.77. The van der Waals surface area contributed by atoms with Crippen molar-refractivity contribution in [3.63, 3.8) is 0 Å². The van der Waals surface area contributed by atoms with Gasteiger partial charge in [0.1, 0.15) is 5.82 Å². The van der Waals surface area contributed by atoms with Crippen LogP contribution < -0.4 is 4.90 Å². The molecule has 1 atom stereocenters. The van der Waals surface area contributed by atoms with Crippen molar-refractivity contribution in [1.82, 2.24) is 0 Å². The molecule has 100 valence electrons. The number of hydrogen-bond acceptors (Lipinski definition) is 2. The summed E-state index contributed by atoms with van der Waals surface area (Å²) < 4.78 is 13.6. The number of hydrogen-bond donors (Lipinski definition) is 1. The minimum absolute atomic E-state index is 0.237. The molecule has 0 radical (unpaired) electrons. The maximum atomic E-state index is 13.6. The molecule has 1 unspecified atom stereocenters. The van der Waals surface area contributed by atoms with Crippen molar-refractivity contribution in [2.75, 3.05) is 18.0 Å². The summed E-state index contributed by atoms with van der Waals surface area (Å²) >= 11 is 0. The van der Waals surface area contributed by atoms with E-state index in [9.17, 15) is 9.50 Å². The smallest absolute Gasteiger partial charge is 0.130 e. The summed E-state index contributed by atoms with van der Waals surface area (Å²) in [6, 6.07) is 5.03. The normalized spacial score (nSPS) is 20.5. The summed E-state index contributed by atoms with van der Waals surface area (Å²) in [5, 5.41) is 9.32. The van der Waals surface area contributed by atoms with E-state index >= 15 is 0 Å². The second-order valence-corrected chi connectivity index (χ2v) is 6.19. The average molecular weight is 251 g/mol. The minimum atomic E-state index is -0.311. The van der Waals surface area contributed by atoms with Gasteiger partial charge in [-0.2, -0.15) is 0 Å². The number of benzene rings is 1. The Bertz CT molecular complexity index is 425. The Balaban J connectivity index is 2.22. The number of anilines is 1. The summed E-state index contributed by atoms with van der Waals surface area (Å²) in [4.78, 5) is 2.20. The van der Waals surface area contributed by atoms with Gasteiger partial charge in [-0.25, -0.2) is 4.39 Å². The first-order valence-electron chi connectivity index (χ1n) is 6.56. The van der Waals surface area contributed by atoms with E-state index in [0.717, 1.165) is 25.2 Å². The summed E-state index contributed by atoms with van der Waals surface area (Å²) in [6.07, 6.45) is 1.13. The Kier molecular flexibility index (Phi) is 3.62. The molecule has 0 aliphatic carbocycles. The molecule has 1 aromatic rings. The fourth-order valence-electron chi connectivity index (χ4n) is 2.69. The summed E-state index contributed by atoms with van der Waals surface area (Å²) in [5.74, 6) is 0.307. The first-order chi connectivity index (χ1) is 8.43. The van der Waals surface area contributed by atoms with Crippen molar-refractivity contribution in [3.8, 4) is 0 Å². The van der Waals surface area contributed by atoms with Crippen LogP contribution in [0, 0.1) is 17.2 Å². The Labute approximate surface area is 108 Å². The molecule has 0 amide bonds. The van der Waals surface area contributed by atoms with Gasteiger partial charge in [-0.05, 0) is 29.9 Å². The third kappa shape index (κ3) is 2.51. The zero-order valence-electron chi connectivity index (χ0n) is 11.4. The van der Waals surface area contributed by atoms with Crippen LogP contribution >= 0.6 is 0 Å².